The lowest BCUT2D eigenvalue weighted by molar-refractivity contribution is -0.141. The highest BCUT2D eigenvalue weighted by Gasteiger charge is 2.28. The highest BCUT2D eigenvalue weighted by molar-refractivity contribution is 7.98. The number of carbonyl (C=O) groups excluding carboxylic acids is 3. The average Bonchev–Trinajstić information content (AvgIpc) is 2.68. The Balaban J connectivity index is 5.04. The van der Waals surface area contributed by atoms with E-state index in [0.717, 1.165) is 0 Å². The Kier molecular flexibility index (Phi) is 14.6. The molecule has 0 saturated carbocycles. The highest BCUT2D eigenvalue weighted by atomic mass is 32.2. The van der Waals surface area contributed by atoms with Crippen LogP contribution >= 0.6 is 24.4 Å². The smallest absolute Gasteiger partial charge is 0.325 e. The topological polar surface area (TPSA) is 177 Å². The molecule has 0 aromatic carbocycles. The van der Waals surface area contributed by atoms with Crippen molar-refractivity contribution in [3.63, 3.8) is 0 Å². The van der Waals surface area contributed by atoms with Gasteiger partial charge in [-0.2, -0.15) is 24.4 Å². The molecule has 0 rings (SSSR count). The normalized spacial score (nSPS) is 14.9. The SMILES string of the molecule is CSCCC(N)C(=O)NC(CCCCN)C(=O)NC(CS)C(=O)NC(C)C(=O)O. The van der Waals surface area contributed by atoms with E-state index in [0.29, 0.717) is 38.0 Å². The van der Waals surface area contributed by atoms with Gasteiger partial charge in [0.05, 0.1) is 6.04 Å². The Hall–Kier alpha value is -1.50. The maximum Gasteiger partial charge on any atom is 0.325 e. The molecule has 0 heterocycles. The van der Waals surface area contributed by atoms with Crippen molar-refractivity contribution in [1.82, 2.24) is 16.0 Å². The van der Waals surface area contributed by atoms with E-state index >= 15 is 0 Å². The van der Waals surface area contributed by atoms with Crippen LogP contribution in [0.15, 0.2) is 0 Å². The molecule has 0 spiro atoms. The Labute approximate surface area is 181 Å². The number of thioether (sulfide) groups is 1. The lowest BCUT2D eigenvalue weighted by atomic mass is 10.1. The van der Waals surface area contributed by atoms with Gasteiger partial charge in [-0.05, 0) is 51.2 Å². The summed E-state index contributed by atoms with van der Waals surface area (Å²) >= 11 is 5.61. The fourth-order valence-corrected chi connectivity index (χ4v) is 3.01. The summed E-state index contributed by atoms with van der Waals surface area (Å²) in [5, 5.41) is 16.3. The van der Waals surface area contributed by atoms with Gasteiger partial charge in [-0.25, -0.2) is 0 Å². The summed E-state index contributed by atoms with van der Waals surface area (Å²) in [6.45, 7) is 1.76. The number of thiol groups is 1. The molecule has 4 atom stereocenters. The quantitative estimate of drug-likeness (QED) is 0.118. The van der Waals surface area contributed by atoms with Crippen LogP contribution in [0.4, 0.5) is 0 Å². The van der Waals surface area contributed by atoms with Gasteiger partial charge in [0.2, 0.25) is 17.7 Å². The maximum atomic E-state index is 12.7. The molecule has 0 aliphatic rings. The molecule has 29 heavy (non-hydrogen) atoms. The number of unbranched alkanes of at least 4 members (excludes halogenated alkanes) is 1. The standard InChI is InChI=1S/C17H33N5O5S2/c1-10(17(26)27)20-16(25)13(9-28)22-15(24)12(5-3-4-7-18)21-14(23)11(19)6-8-29-2/h10-13,28H,3-9,18-19H2,1-2H3,(H,20,25)(H,21,23)(H,22,24)(H,26,27). The average molecular weight is 452 g/mol. The van der Waals surface area contributed by atoms with Crippen LogP contribution in [0.2, 0.25) is 0 Å². The number of nitrogens with one attached hydrogen (secondary N) is 3. The van der Waals surface area contributed by atoms with E-state index < -0.39 is 47.9 Å². The first-order valence-electron chi connectivity index (χ1n) is 9.37. The van der Waals surface area contributed by atoms with Crippen molar-refractivity contribution in [3.8, 4) is 0 Å². The van der Waals surface area contributed by atoms with Crippen LogP contribution in [0.1, 0.15) is 32.6 Å². The molecule has 0 aromatic rings. The van der Waals surface area contributed by atoms with Crippen LogP contribution in [0.25, 0.3) is 0 Å². The van der Waals surface area contributed by atoms with E-state index in [9.17, 15) is 19.2 Å². The molecule has 0 aliphatic heterocycles. The number of rotatable bonds is 15. The Morgan fingerprint density at radius 3 is 2.10 bits per heavy atom. The highest BCUT2D eigenvalue weighted by Crippen LogP contribution is 2.05. The zero-order valence-corrected chi connectivity index (χ0v) is 18.6. The summed E-state index contributed by atoms with van der Waals surface area (Å²) in [6.07, 6.45) is 3.98. The molecule has 10 nitrogen and oxygen atoms in total. The molecule has 8 N–H and O–H groups in total. The molecule has 0 aliphatic carbocycles. The van der Waals surface area contributed by atoms with Crippen molar-refractivity contribution >= 4 is 48.1 Å². The summed E-state index contributed by atoms with van der Waals surface area (Å²) in [4.78, 5) is 48.0. The van der Waals surface area contributed by atoms with Gasteiger partial charge in [-0.3, -0.25) is 19.2 Å². The summed E-state index contributed by atoms with van der Waals surface area (Å²) in [6, 6.07) is -3.79. The van der Waals surface area contributed by atoms with Gasteiger partial charge in [0, 0.05) is 5.75 Å². The first-order chi connectivity index (χ1) is 13.7. The fourth-order valence-electron chi connectivity index (χ4n) is 2.26. The summed E-state index contributed by atoms with van der Waals surface area (Å²) in [5.41, 5.74) is 11.3. The van der Waals surface area contributed by atoms with Gasteiger partial charge in [-0.15, -0.1) is 0 Å². The third-order valence-electron chi connectivity index (χ3n) is 4.09. The molecule has 0 fully saturated rings. The maximum absolute atomic E-state index is 12.7. The van der Waals surface area contributed by atoms with Crippen LogP contribution in [-0.2, 0) is 19.2 Å². The number of hydrogen-bond acceptors (Lipinski definition) is 8. The Bertz CT molecular complexity index is 552. The van der Waals surface area contributed by atoms with Crippen molar-refractivity contribution in [3.05, 3.63) is 0 Å². The number of amides is 3. The minimum absolute atomic E-state index is 0.0411. The van der Waals surface area contributed by atoms with Gasteiger partial charge >= 0.3 is 5.97 Å². The predicted octanol–water partition coefficient (Wildman–Crippen LogP) is -1.32. The van der Waals surface area contributed by atoms with Gasteiger partial charge in [0.1, 0.15) is 18.1 Å². The fraction of sp³-hybridized carbons (Fsp3) is 0.765. The van der Waals surface area contributed by atoms with Crippen molar-refractivity contribution < 1.29 is 24.3 Å². The van der Waals surface area contributed by atoms with E-state index in [1.165, 1.54) is 6.92 Å². The van der Waals surface area contributed by atoms with Gasteiger partial charge in [0.25, 0.3) is 0 Å². The summed E-state index contributed by atoms with van der Waals surface area (Å²) in [7, 11) is 0. The number of hydrogen-bond donors (Lipinski definition) is 7. The largest absolute Gasteiger partial charge is 0.480 e. The van der Waals surface area contributed by atoms with E-state index in [1.54, 1.807) is 11.8 Å². The third-order valence-corrected chi connectivity index (χ3v) is 5.10. The van der Waals surface area contributed by atoms with Crippen molar-refractivity contribution in [1.29, 1.82) is 0 Å². The van der Waals surface area contributed by atoms with E-state index in [-0.39, 0.29) is 5.75 Å². The van der Waals surface area contributed by atoms with E-state index in [1.807, 2.05) is 6.26 Å². The lowest BCUT2D eigenvalue weighted by Crippen LogP contribution is -2.57. The van der Waals surface area contributed by atoms with Gasteiger partial charge in [-0.1, -0.05) is 0 Å². The minimum Gasteiger partial charge on any atom is -0.480 e. The summed E-state index contributed by atoms with van der Waals surface area (Å²) < 4.78 is 0. The van der Waals surface area contributed by atoms with Crippen LogP contribution in [-0.4, -0.2) is 77.3 Å². The zero-order chi connectivity index (χ0) is 22.4. The van der Waals surface area contributed by atoms with E-state index in [2.05, 4.69) is 28.6 Å². The van der Waals surface area contributed by atoms with Crippen LogP contribution in [0, 0.1) is 0 Å². The third kappa shape index (κ3) is 11.3. The second-order valence-electron chi connectivity index (χ2n) is 6.55. The van der Waals surface area contributed by atoms with E-state index in [4.69, 9.17) is 16.6 Å². The first-order valence-corrected chi connectivity index (χ1v) is 11.4. The first kappa shape index (κ1) is 27.5. The lowest BCUT2D eigenvalue weighted by Gasteiger charge is -2.24. The summed E-state index contributed by atoms with van der Waals surface area (Å²) in [5.74, 6) is -2.22. The Morgan fingerprint density at radius 1 is 1.00 bits per heavy atom. The number of carboxylic acid groups (broad SMARTS) is 1. The molecule has 0 bridgehead atoms. The number of carbonyl (C=O) groups is 4. The number of carboxylic acids is 1. The van der Waals surface area contributed by atoms with Crippen molar-refractivity contribution in [2.75, 3.05) is 24.3 Å². The molecule has 12 heteroatoms. The molecule has 0 radical (unpaired) electrons. The van der Waals surface area contributed by atoms with Crippen LogP contribution in [0.5, 0.6) is 0 Å². The van der Waals surface area contributed by atoms with Crippen molar-refractivity contribution in [2.24, 2.45) is 11.5 Å². The minimum atomic E-state index is -1.20. The molecule has 0 aromatic heterocycles. The van der Waals surface area contributed by atoms with Crippen LogP contribution in [0.3, 0.4) is 0 Å². The second kappa shape index (κ2) is 15.4. The number of nitrogens with two attached hydrogens (primary N) is 2. The molecular weight excluding hydrogens is 418 g/mol. The van der Waals surface area contributed by atoms with Crippen LogP contribution < -0.4 is 27.4 Å². The molecule has 3 amide bonds. The number of aliphatic carboxylic acids is 1. The molecule has 168 valence electrons. The molecule has 4 unspecified atom stereocenters. The predicted molar refractivity (Wildman–Crippen MR) is 117 cm³/mol. The monoisotopic (exact) mass is 451 g/mol. The molecule has 0 saturated heterocycles. The Morgan fingerprint density at radius 2 is 1.59 bits per heavy atom. The zero-order valence-electron chi connectivity index (χ0n) is 16.8. The second-order valence-corrected chi connectivity index (χ2v) is 7.90. The molecular formula is C17H33N5O5S2. The van der Waals surface area contributed by atoms with Gasteiger partial charge in [0.15, 0.2) is 0 Å². The van der Waals surface area contributed by atoms with Crippen molar-refractivity contribution in [2.45, 2.75) is 56.8 Å². The van der Waals surface area contributed by atoms with Gasteiger partial charge < -0.3 is 32.5 Å².